The van der Waals surface area contributed by atoms with E-state index < -0.39 is 5.60 Å². The molecule has 0 unspecified atom stereocenters. The van der Waals surface area contributed by atoms with Crippen molar-refractivity contribution in [2.45, 2.75) is 39.2 Å². The average molecular weight is 504 g/mol. The van der Waals surface area contributed by atoms with Crippen molar-refractivity contribution < 1.29 is 19.1 Å². The Labute approximate surface area is 208 Å². The van der Waals surface area contributed by atoms with Crippen molar-refractivity contribution in [1.82, 2.24) is 14.3 Å². The molecule has 3 aromatic rings. The average Bonchev–Trinajstić information content (AvgIpc) is 3.22. The number of pyridine rings is 1. The molecule has 2 aromatic heterocycles. The first-order valence-electron chi connectivity index (χ1n) is 11.1. The number of imidazole rings is 1. The number of halogens is 2. The summed E-state index contributed by atoms with van der Waals surface area (Å²) < 4.78 is 12.7. The fourth-order valence-corrected chi connectivity index (χ4v) is 4.51. The maximum absolute atomic E-state index is 13.2. The van der Waals surface area contributed by atoms with E-state index in [1.807, 2.05) is 39.1 Å². The molecule has 0 N–H and O–H groups in total. The second-order valence-electron chi connectivity index (χ2n) is 9.35. The van der Waals surface area contributed by atoms with Gasteiger partial charge in [0.2, 0.25) is 0 Å². The van der Waals surface area contributed by atoms with Crippen LogP contribution in [0, 0.1) is 5.92 Å². The highest BCUT2D eigenvalue weighted by molar-refractivity contribution is 6.44. The number of fused-ring (bicyclic) bond motifs is 1. The number of hydrogen-bond donors (Lipinski definition) is 0. The summed E-state index contributed by atoms with van der Waals surface area (Å²) in [5.74, 6) is 0.386. The number of nitrogens with zero attached hydrogens (tertiary/aromatic N) is 3. The van der Waals surface area contributed by atoms with E-state index in [9.17, 15) is 9.59 Å². The molecule has 1 aromatic carbocycles. The first kappa shape index (κ1) is 24.4. The van der Waals surface area contributed by atoms with Gasteiger partial charge in [-0.15, -0.1) is 0 Å². The minimum absolute atomic E-state index is 0.0209. The van der Waals surface area contributed by atoms with Crippen LogP contribution in [-0.4, -0.2) is 52.0 Å². The molecule has 1 saturated heterocycles. The minimum atomic E-state index is -0.543. The van der Waals surface area contributed by atoms with Gasteiger partial charge in [0.15, 0.2) is 5.78 Å². The number of aromatic nitrogens is 2. The molecule has 180 valence electrons. The molecule has 1 aliphatic rings. The van der Waals surface area contributed by atoms with Crippen molar-refractivity contribution in [2.75, 3.05) is 20.2 Å². The molecule has 3 heterocycles. The van der Waals surface area contributed by atoms with Gasteiger partial charge < -0.3 is 18.8 Å². The summed E-state index contributed by atoms with van der Waals surface area (Å²) >= 11 is 12.7. The third-order valence-corrected chi connectivity index (χ3v) is 6.60. The molecule has 1 fully saturated rings. The Hall–Kier alpha value is -2.77. The monoisotopic (exact) mass is 503 g/mol. The second kappa shape index (κ2) is 9.47. The Bertz CT molecular complexity index is 1240. The lowest BCUT2D eigenvalue weighted by Gasteiger charge is -2.32. The fourth-order valence-electron chi connectivity index (χ4n) is 4.09. The van der Waals surface area contributed by atoms with Crippen molar-refractivity contribution in [3.63, 3.8) is 0 Å². The van der Waals surface area contributed by atoms with Gasteiger partial charge in [-0.1, -0.05) is 23.2 Å². The summed E-state index contributed by atoms with van der Waals surface area (Å²) in [5.41, 5.74) is 1.93. The summed E-state index contributed by atoms with van der Waals surface area (Å²) in [6, 6.07) is 7.17. The number of likely N-dealkylation sites (tertiary alicyclic amines) is 1. The highest BCUT2D eigenvalue weighted by Crippen LogP contribution is 2.41. The molecule has 1 aliphatic heterocycles. The Morgan fingerprint density at radius 2 is 1.82 bits per heavy atom. The summed E-state index contributed by atoms with van der Waals surface area (Å²) in [6.07, 6.45) is 4.38. The van der Waals surface area contributed by atoms with Crippen LogP contribution in [0.1, 0.15) is 44.1 Å². The molecule has 4 rings (SSSR count). The van der Waals surface area contributed by atoms with Gasteiger partial charge in [-0.2, -0.15) is 0 Å². The standard InChI is InChI=1S/C25H27Cl2N3O4/c1-25(2,3)34-24(32)29-10-7-15(8-11-29)23(31)18-14-30-12-9-16(13-20(30)28-18)21-19(33-4)6-5-17(26)22(21)27/h5-6,9,12-15H,7-8,10-11H2,1-4H3. The van der Waals surface area contributed by atoms with Crippen LogP contribution in [0.2, 0.25) is 10.0 Å². The van der Waals surface area contributed by atoms with E-state index in [1.54, 1.807) is 34.7 Å². The van der Waals surface area contributed by atoms with Gasteiger partial charge in [-0.05, 0) is 63.4 Å². The number of carbonyl (C=O) groups is 2. The van der Waals surface area contributed by atoms with Crippen LogP contribution < -0.4 is 4.74 Å². The van der Waals surface area contributed by atoms with Gasteiger partial charge in [0.1, 0.15) is 22.7 Å². The molecule has 0 spiro atoms. The first-order chi connectivity index (χ1) is 16.1. The zero-order valence-corrected chi connectivity index (χ0v) is 21.1. The molecule has 7 nitrogen and oxygen atoms in total. The molecule has 0 bridgehead atoms. The van der Waals surface area contributed by atoms with Crippen molar-refractivity contribution in [2.24, 2.45) is 5.92 Å². The van der Waals surface area contributed by atoms with Gasteiger partial charge in [-0.3, -0.25) is 4.79 Å². The predicted octanol–water partition coefficient (Wildman–Crippen LogP) is 6.15. The van der Waals surface area contributed by atoms with Crippen LogP contribution in [0.15, 0.2) is 36.7 Å². The largest absolute Gasteiger partial charge is 0.496 e. The highest BCUT2D eigenvalue weighted by Gasteiger charge is 2.31. The molecular formula is C25H27Cl2N3O4. The lowest BCUT2D eigenvalue weighted by molar-refractivity contribution is 0.0182. The van der Waals surface area contributed by atoms with Gasteiger partial charge in [0, 0.05) is 37.0 Å². The number of Topliss-reactive ketones (excluding diaryl/α,β-unsaturated/α-hetero) is 1. The Morgan fingerprint density at radius 3 is 2.47 bits per heavy atom. The second-order valence-corrected chi connectivity index (χ2v) is 10.1. The molecule has 0 radical (unpaired) electrons. The van der Waals surface area contributed by atoms with Crippen LogP contribution in [0.5, 0.6) is 5.75 Å². The Balaban J connectivity index is 1.52. The molecular weight excluding hydrogens is 477 g/mol. The van der Waals surface area contributed by atoms with E-state index in [0.29, 0.717) is 58.6 Å². The minimum Gasteiger partial charge on any atom is -0.496 e. The van der Waals surface area contributed by atoms with Crippen molar-refractivity contribution in [3.05, 3.63) is 52.4 Å². The molecule has 1 amide bonds. The summed E-state index contributed by atoms with van der Waals surface area (Å²) in [5, 5.41) is 0.819. The topological polar surface area (TPSA) is 73.1 Å². The molecule has 0 atom stereocenters. The lowest BCUT2D eigenvalue weighted by atomic mass is 9.91. The Kier molecular flexibility index (Phi) is 6.78. The molecule has 0 aliphatic carbocycles. The number of carbonyl (C=O) groups excluding carboxylic acids is 2. The third kappa shape index (κ3) is 5.00. The molecule has 34 heavy (non-hydrogen) atoms. The number of methoxy groups -OCH3 is 1. The number of benzene rings is 1. The lowest BCUT2D eigenvalue weighted by Crippen LogP contribution is -2.43. The van der Waals surface area contributed by atoms with E-state index in [1.165, 1.54) is 0 Å². The molecule has 9 heteroatoms. The number of ether oxygens (including phenoxy) is 2. The van der Waals surface area contributed by atoms with Crippen molar-refractivity contribution >= 4 is 40.7 Å². The smallest absolute Gasteiger partial charge is 0.410 e. The molecule has 0 saturated carbocycles. The van der Waals surface area contributed by atoms with E-state index in [2.05, 4.69) is 4.98 Å². The van der Waals surface area contributed by atoms with Gasteiger partial charge in [0.05, 0.1) is 17.2 Å². The zero-order valence-electron chi connectivity index (χ0n) is 19.6. The number of hydrogen-bond acceptors (Lipinski definition) is 5. The van der Waals surface area contributed by atoms with Crippen LogP contribution in [0.25, 0.3) is 16.8 Å². The maximum atomic E-state index is 13.2. The number of ketones is 1. The quantitative estimate of drug-likeness (QED) is 0.399. The van der Waals surface area contributed by atoms with Crippen molar-refractivity contribution in [3.8, 4) is 16.9 Å². The van der Waals surface area contributed by atoms with E-state index in [4.69, 9.17) is 32.7 Å². The van der Waals surface area contributed by atoms with Crippen molar-refractivity contribution in [1.29, 1.82) is 0 Å². The SMILES string of the molecule is COc1ccc(Cl)c(Cl)c1-c1ccn2cc(C(=O)C3CCN(C(=O)OC(C)(C)C)CC3)nc2c1. The summed E-state index contributed by atoms with van der Waals surface area (Å²) in [6.45, 7) is 6.48. The highest BCUT2D eigenvalue weighted by atomic mass is 35.5. The van der Waals surface area contributed by atoms with Gasteiger partial charge >= 0.3 is 6.09 Å². The van der Waals surface area contributed by atoms with Crippen LogP contribution >= 0.6 is 23.2 Å². The van der Waals surface area contributed by atoms with Crippen LogP contribution in [-0.2, 0) is 4.74 Å². The maximum Gasteiger partial charge on any atom is 0.410 e. The fraction of sp³-hybridized carbons (Fsp3) is 0.400. The van der Waals surface area contributed by atoms with Gasteiger partial charge in [-0.25, -0.2) is 9.78 Å². The van der Waals surface area contributed by atoms with Crippen LogP contribution in [0.4, 0.5) is 4.79 Å². The normalized spacial score (nSPS) is 14.9. The van der Waals surface area contributed by atoms with E-state index in [0.717, 1.165) is 5.56 Å². The third-order valence-electron chi connectivity index (χ3n) is 5.80. The number of rotatable bonds is 4. The summed E-state index contributed by atoms with van der Waals surface area (Å²) in [4.78, 5) is 31.7. The summed E-state index contributed by atoms with van der Waals surface area (Å²) in [7, 11) is 1.57. The number of piperidine rings is 1. The van der Waals surface area contributed by atoms with E-state index in [-0.39, 0.29) is 17.8 Å². The zero-order chi connectivity index (χ0) is 24.6. The predicted molar refractivity (Wildman–Crippen MR) is 132 cm³/mol. The van der Waals surface area contributed by atoms with Gasteiger partial charge in [0.25, 0.3) is 0 Å². The van der Waals surface area contributed by atoms with Crippen LogP contribution in [0.3, 0.4) is 0 Å². The first-order valence-corrected chi connectivity index (χ1v) is 11.9. The number of amides is 1. The van der Waals surface area contributed by atoms with E-state index >= 15 is 0 Å². The Morgan fingerprint density at radius 1 is 1.12 bits per heavy atom.